The molecular weight excluding hydrogens is 352 g/mol. The summed E-state index contributed by atoms with van der Waals surface area (Å²) >= 11 is 5.11. The van der Waals surface area contributed by atoms with Gasteiger partial charge in [0.15, 0.2) is 0 Å². The fourth-order valence-corrected chi connectivity index (χ4v) is 4.11. The fourth-order valence-electron chi connectivity index (χ4n) is 2.83. The lowest BCUT2D eigenvalue weighted by molar-refractivity contribution is 0.00457. The molecule has 1 aliphatic heterocycles. The molecule has 7 heteroatoms. The van der Waals surface area contributed by atoms with E-state index in [1.807, 2.05) is 6.20 Å². The Morgan fingerprint density at radius 3 is 2.95 bits per heavy atom. The Balaban J connectivity index is 1.88. The highest BCUT2D eigenvalue weighted by atomic mass is 79.9. The first-order valence-corrected chi connectivity index (χ1v) is 8.59. The summed E-state index contributed by atoms with van der Waals surface area (Å²) in [5, 5.41) is 5.77. The zero-order valence-corrected chi connectivity index (χ0v) is 14.9. The third-order valence-corrected chi connectivity index (χ3v) is 5.44. The summed E-state index contributed by atoms with van der Waals surface area (Å²) in [6, 6.07) is 0.301. The number of nitrogens with zero attached hydrogens (tertiary/aromatic N) is 4. The van der Waals surface area contributed by atoms with Crippen LogP contribution in [0.1, 0.15) is 28.0 Å². The number of morpholine rings is 1. The number of thiazole rings is 1. The molecule has 2 aromatic rings. The van der Waals surface area contributed by atoms with Crippen molar-refractivity contribution >= 4 is 27.3 Å². The second-order valence-corrected chi connectivity index (χ2v) is 7.87. The van der Waals surface area contributed by atoms with E-state index in [2.05, 4.69) is 51.4 Å². The van der Waals surface area contributed by atoms with Crippen molar-refractivity contribution < 1.29 is 4.74 Å². The first-order chi connectivity index (χ1) is 10.1. The van der Waals surface area contributed by atoms with Crippen molar-refractivity contribution in [2.45, 2.75) is 26.4 Å². The van der Waals surface area contributed by atoms with Crippen LogP contribution in [-0.4, -0.2) is 46.5 Å². The average Bonchev–Trinajstić information content (AvgIpc) is 2.96. The predicted octanol–water partition coefficient (Wildman–Crippen LogP) is 2.77. The van der Waals surface area contributed by atoms with Gasteiger partial charge in [-0.05, 0) is 36.8 Å². The van der Waals surface area contributed by atoms with Crippen molar-refractivity contribution in [1.29, 1.82) is 0 Å². The number of aromatic nitrogens is 3. The molecule has 2 aromatic heterocycles. The zero-order chi connectivity index (χ0) is 15.0. The smallest absolute Gasteiger partial charge is 0.115 e. The van der Waals surface area contributed by atoms with Gasteiger partial charge in [-0.2, -0.15) is 5.10 Å². The van der Waals surface area contributed by atoms with Gasteiger partial charge >= 0.3 is 0 Å². The minimum Gasteiger partial charge on any atom is -0.378 e. The minimum atomic E-state index is 0.301. The van der Waals surface area contributed by atoms with Crippen molar-refractivity contribution in [3.63, 3.8) is 0 Å². The monoisotopic (exact) mass is 370 g/mol. The van der Waals surface area contributed by atoms with Crippen LogP contribution >= 0.6 is 27.3 Å². The van der Waals surface area contributed by atoms with Crippen LogP contribution in [0, 0.1) is 13.8 Å². The Morgan fingerprint density at radius 1 is 1.48 bits per heavy atom. The molecule has 0 saturated carbocycles. The Labute approximate surface area is 137 Å². The van der Waals surface area contributed by atoms with E-state index in [0.29, 0.717) is 6.04 Å². The van der Waals surface area contributed by atoms with E-state index in [1.54, 1.807) is 11.3 Å². The SMILES string of the molecule is Cc1nn(Cc2ncc(Br)s2)c(C)c1C1COCCN1C. The lowest BCUT2D eigenvalue weighted by Gasteiger charge is -2.32. The Hall–Kier alpha value is -0.760. The Kier molecular flexibility index (Phi) is 4.44. The second kappa shape index (κ2) is 6.16. The standard InChI is InChI=1S/C14H19BrN4OS/c1-9-14(11-8-20-5-4-18(11)3)10(2)19(17-9)7-13-16-6-12(15)21-13/h6,11H,4-5,7-8H2,1-3H3. The van der Waals surface area contributed by atoms with E-state index < -0.39 is 0 Å². The molecule has 114 valence electrons. The molecular formula is C14H19BrN4OS. The van der Waals surface area contributed by atoms with Crippen LogP contribution in [0.2, 0.25) is 0 Å². The van der Waals surface area contributed by atoms with E-state index in [9.17, 15) is 0 Å². The van der Waals surface area contributed by atoms with Gasteiger partial charge in [-0.1, -0.05) is 0 Å². The summed E-state index contributed by atoms with van der Waals surface area (Å²) in [4.78, 5) is 6.75. The normalized spacial score (nSPS) is 20.1. The molecule has 0 amide bonds. The average molecular weight is 371 g/mol. The van der Waals surface area contributed by atoms with Crippen molar-refractivity contribution in [1.82, 2.24) is 19.7 Å². The summed E-state index contributed by atoms with van der Waals surface area (Å²) < 4.78 is 8.76. The molecule has 1 atom stereocenters. The minimum absolute atomic E-state index is 0.301. The van der Waals surface area contributed by atoms with Crippen molar-refractivity contribution in [3.8, 4) is 0 Å². The second-order valence-electron chi connectivity index (χ2n) is 5.37. The van der Waals surface area contributed by atoms with Crippen LogP contribution in [0.3, 0.4) is 0 Å². The van der Waals surface area contributed by atoms with Gasteiger partial charge in [-0.25, -0.2) is 4.98 Å². The first kappa shape index (κ1) is 15.1. The maximum Gasteiger partial charge on any atom is 0.115 e. The largest absolute Gasteiger partial charge is 0.378 e. The molecule has 0 aliphatic carbocycles. The zero-order valence-electron chi connectivity index (χ0n) is 12.5. The molecule has 0 radical (unpaired) electrons. The third kappa shape index (κ3) is 3.06. The lowest BCUT2D eigenvalue weighted by Crippen LogP contribution is -2.37. The molecule has 0 spiro atoms. The summed E-state index contributed by atoms with van der Waals surface area (Å²) in [5.74, 6) is 0. The van der Waals surface area contributed by atoms with Crippen LogP contribution in [0.4, 0.5) is 0 Å². The van der Waals surface area contributed by atoms with Gasteiger partial charge in [0.2, 0.25) is 0 Å². The summed E-state index contributed by atoms with van der Waals surface area (Å²) in [6.07, 6.45) is 1.84. The van der Waals surface area contributed by atoms with Crippen LogP contribution < -0.4 is 0 Å². The highest BCUT2D eigenvalue weighted by Gasteiger charge is 2.27. The molecule has 21 heavy (non-hydrogen) atoms. The first-order valence-electron chi connectivity index (χ1n) is 6.98. The highest BCUT2D eigenvalue weighted by molar-refractivity contribution is 9.11. The van der Waals surface area contributed by atoms with Gasteiger partial charge in [0, 0.05) is 17.8 Å². The van der Waals surface area contributed by atoms with Crippen LogP contribution in [0.5, 0.6) is 0 Å². The van der Waals surface area contributed by atoms with Crippen LogP contribution in [0.25, 0.3) is 0 Å². The van der Waals surface area contributed by atoms with E-state index in [-0.39, 0.29) is 0 Å². The summed E-state index contributed by atoms with van der Waals surface area (Å²) in [6.45, 7) is 7.47. The summed E-state index contributed by atoms with van der Waals surface area (Å²) in [7, 11) is 2.15. The number of likely N-dealkylation sites (N-methyl/N-ethyl adjacent to an activating group) is 1. The number of ether oxygens (including phenoxy) is 1. The lowest BCUT2D eigenvalue weighted by atomic mass is 10.0. The van der Waals surface area contributed by atoms with Crippen LogP contribution in [0.15, 0.2) is 9.98 Å². The highest BCUT2D eigenvalue weighted by Crippen LogP contribution is 2.29. The molecule has 0 aromatic carbocycles. The van der Waals surface area contributed by atoms with Gasteiger partial charge < -0.3 is 4.74 Å². The van der Waals surface area contributed by atoms with E-state index >= 15 is 0 Å². The molecule has 1 unspecified atom stereocenters. The molecule has 5 nitrogen and oxygen atoms in total. The molecule has 1 fully saturated rings. The number of halogens is 1. The molecule has 1 aliphatic rings. The van der Waals surface area contributed by atoms with E-state index in [4.69, 9.17) is 9.84 Å². The quantitative estimate of drug-likeness (QED) is 0.832. The topological polar surface area (TPSA) is 43.2 Å². The van der Waals surface area contributed by atoms with Gasteiger partial charge in [-0.3, -0.25) is 9.58 Å². The van der Waals surface area contributed by atoms with Crippen molar-refractivity contribution in [3.05, 3.63) is 31.9 Å². The fraction of sp³-hybridized carbons (Fsp3) is 0.571. The van der Waals surface area contributed by atoms with Gasteiger partial charge in [0.25, 0.3) is 0 Å². The summed E-state index contributed by atoms with van der Waals surface area (Å²) in [5.41, 5.74) is 3.60. The maximum absolute atomic E-state index is 5.65. The van der Waals surface area contributed by atoms with E-state index in [0.717, 1.165) is 40.8 Å². The third-order valence-electron chi connectivity index (χ3n) is 3.98. The number of aryl methyl sites for hydroxylation is 1. The molecule has 3 heterocycles. The van der Waals surface area contributed by atoms with Gasteiger partial charge in [-0.15, -0.1) is 11.3 Å². The molecule has 0 N–H and O–H groups in total. The Morgan fingerprint density at radius 2 is 2.29 bits per heavy atom. The van der Waals surface area contributed by atoms with Crippen molar-refractivity contribution in [2.24, 2.45) is 0 Å². The van der Waals surface area contributed by atoms with Gasteiger partial charge in [0.05, 0.1) is 41.5 Å². The predicted molar refractivity (Wildman–Crippen MR) is 86.8 cm³/mol. The van der Waals surface area contributed by atoms with Crippen molar-refractivity contribution in [2.75, 3.05) is 26.8 Å². The van der Waals surface area contributed by atoms with Crippen LogP contribution in [-0.2, 0) is 11.3 Å². The van der Waals surface area contributed by atoms with E-state index in [1.165, 1.54) is 11.3 Å². The van der Waals surface area contributed by atoms with Gasteiger partial charge in [0.1, 0.15) is 5.01 Å². The number of hydrogen-bond donors (Lipinski definition) is 0. The maximum atomic E-state index is 5.65. The molecule has 3 rings (SSSR count). The number of hydrogen-bond acceptors (Lipinski definition) is 5. The molecule has 0 bridgehead atoms. The Bertz CT molecular complexity index is 639. The number of rotatable bonds is 3. The molecule has 1 saturated heterocycles.